The van der Waals surface area contributed by atoms with Gasteiger partial charge in [0.25, 0.3) is 0 Å². The minimum atomic E-state index is -1.28. The summed E-state index contributed by atoms with van der Waals surface area (Å²) < 4.78 is 21.1. The summed E-state index contributed by atoms with van der Waals surface area (Å²) in [6.07, 6.45) is 7.57. The number of nitrogens with one attached hydrogen (secondary N) is 4. The molecule has 18 heteroatoms. The van der Waals surface area contributed by atoms with Crippen LogP contribution in [-0.4, -0.2) is 107 Å². The second kappa shape index (κ2) is 27.7. The molecule has 0 bridgehead atoms. The smallest absolute Gasteiger partial charge is 0.308 e. The van der Waals surface area contributed by atoms with Gasteiger partial charge in [-0.05, 0) is 95.9 Å². The van der Waals surface area contributed by atoms with Crippen molar-refractivity contribution < 1.29 is 57.3 Å². The SMILES string of the molecule is CC(C)(C)OC(=O)CC(N)C(=O)NC(CC(=O)OC(C)(C)C)C(=O)NCCCCCCCCCCCCNC(=O)C(CC(=O)OC(C)(C)C)NC(=O)C(N)CC(=O)OC(C)(C)C. The minimum Gasteiger partial charge on any atom is -0.460 e. The van der Waals surface area contributed by atoms with Crippen molar-refractivity contribution in [3.05, 3.63) is 0 Å². The molecule has 8 N–H and O–H groups in total. The summed E-state index contributed by atoms with van der Waals surface area (Å²) >= 11 is 0. The van der Waals surface area contributed by atoms with E-state index in [9.17, 15) is 38.4 Å². The number of nitrogens with two attached hydrogens (primary N) is 2. The number of esters is 4. The Morgan fingerprint density at radius 3 is 0.839 bits per heavy atom. The zero-order chi connectivity index (χ0) is 47.9. The molecule has 0 heterocycles. The monoisotopic (exact) mass is 885 g/mol. The highest BCUT2D eigenvalue weighted by Gasteiger charge is 2.32. The van der Waals surface area contributed by atoms with Crippen LogP contribution in [0.1, 0.15) is 173 Å². The van der Waals surface area contributed by atoms with E-state index >= 15 is 0 Å². The maximum absolute atomic E-state index is 13.0. The van der Waals surface area contributed by atoms with E-state index in [2.05, 4.69) is 21.3 Å². The Bertz CT molecular complexity index is 1350. The highest BCUT2D eigenvalue weighted by molar-refractivity contribution is 5.94. The fourth-order valence-corrected chi connectivity index (χ4v) is 5.72. The van der Waals surface area contributed by atoms with E-state index in [-0.39, 0.29) is 0 Å². The molecule has 4 unspecified atom stereocenters. The van der Waals surface area contributed by atoms with Crippen LogP contribution >= 0.6 is 0 Å². The summed E-state index contributed by atoms with van der Waals surface area (Å²) in [5, 5.41) is 10.5. The molecule has 0 spiro atoms. The molecule has 0 saturated heterocycles. The van der Waals surface area contributed by atoms with Crippen molar-refractivity contribution in [2.75, 3.05) is 13.1 Å². The first kappa shape index (κ1) is 57.7. The van der Waals surface area contributed by atoms with Crippen LogP contribution in [0.15, 0.2) is 0 Å². The number of unbranched alkanes of at least 4 members (excludes halogenated alkanes) is 9. The predicted molar refractivity (Wildman–Crippen MR) is 234 cm³/mol. The van der Waals surface area contributed by atoms with Gasteiger partial charge in [-0.15, -0.1) is 0 Å². The second-order valence-electron chi connectivity index (χ2n) is 19.6. The lowest BCUT2D eigenvalue weighted by molar-refractivity contribution is -0.158. The summed E-state index contributed by atoms with van der Waals surface area (Å²) in [7, 11) is 0. The van der Waals surface area contributed by atoms with Crippen molar-refractivity contribution in [3.63, 3.8) is 0 Å². The van der Waals surface area contributed by atoms with Crippen molar-refractivity contribution in [2.24, 2.45) is 11.5 Å². The summed E-state index contributed by atoms with van der Waals surface area (Å²) in [6.45, 7) is 21.0. The van der Waals surface area contributed by atoms with Crippen molar-refractivity contribution >= 4 is 47.5 Å². The van der Waals surface area contributed by atoms with E-state index in [1.165, 1.54) is 0 Å². The predicted octanol–water partition coefficient (Wildman–Crippen LogP) is 3.67. The van der Waals surface area contributed by atoms with Crippen LogP contribution in [0.3, 0.4) is 0 Å². The van der Waals surface area contributed by atoms with E-state index in [1.807, 2.05) is 0 Å². The molecule has 0 aliphatic carbocycles. The van der Waals surface area contributed by atoms with Crippen molar-refractivity contribution in [1.29, 1.82) is 0 Å². The number of hydrogen-bond donors (Lipinski definition) is 6. The molecule has 0 aliphatic heterocycles. The molecule has 358 valence electrons. The van der Waals surface area contributed by atoms with Crippen LogP contribution < -0.4 is 32.7 Å². The largest absolute Gasteiger partial charge is 0.460 e. The topological polar surface area (TPSA) is 274 Å². The summed E-state index contributed by atoms with van der Waals surface area (Å²) in [5.74, 6) is -5.32. The van der Waals surface area contributed by atoms with Crippen LogP contribution in [0.25, 0.3) is 0 Å². The van der Waals surface area contributed by atoms with Gasteiger partial charge in [0.2, 0.25) is 23.6 Å². The van der Waals surface area contributed by atoms with Gasteiger partial charge in [0.05, 0.1) is 37.8 Å². The highest BCUT2D eigenvalue weighted by atomic mass is 16.6. The van der Waals surface area contributed by atoms with E-state index in [4.69, 9.17) is 30.4 Å². The van der Waals surface area contributed by atoms with Crippen LogP contribution in [0, 0.1) is 0 Å². The zero-order valence-electron chi connectivity index (χ0n) is 39.7. The third-order valence-electron chi connectivity index (χ3n) is 8.34. The lowest BCUT2D eigenvalue weighted by Gasteiger charge is -2.24. The first-order valence-electron chi connectivity index (χ1n) is 21.9. The quantitative estimate of drug-likeness (QED) is 0.0391. The molecule has 4 atom stereocenters. The third kappa shape index (κ3) is 31.5. The minimum absolute atomic E-state index is 0.343. The standard InChI is InChI=1S/C44H80N6O12/c1-41(2,3)59-33(51)25-29(45)37(55)49-31(27-35(53)61-43(7,8)9)39(57)47-23-21-19-17-15-13-14-16-18-20-22-24-48-40(58)32(28-36(54)62-44(10,11)12)50-38(56)30(46)26-34(52)60-42(4,5)6/h29-32H,13-28,45-46H2,1-12H3,(H,47,57)(H,48,58)(H,49,55)(H,50,56). The number of rotatable bonds is 27. The van der Waals surface area contributed by atoms with E-state index in [0.29, 0.717) is 25.9 Å². The Morgan fingerprint density at radius 1 is 0.371 bits per heavy atom. The van der Waals surface area contributed by atoms with Gasteiger partial charge < -0.3 is 51.7 Å². The Kier molecular flexibility index (Phi) is 25.7. The number of hydrogen-bond acceptors (Lipinski definition) is 14. The maximum Gasteiger partial charge on any atom is 0.308 e. The summed E-state index contributed by atoms with van der Waals surface area (Å²) in [5.41, 5.74) is 8.74. The van der Waals surface area contributed by atoms with Crippen LogP contribution in [0.5, 0.6) is 0 Å². The molecular weight excluding hydrogens is 805 g/mol. The summed E-state index contributed by atoms with van der Waals surface area (Å²) in [4.78, 5) is 101. The van der Waals surface area contributed by atoms with Gasteiger partial charge in [0, 0.05) is 13.1 Å². The normalized spacial score (nSPS) is 14.0. The van der Waals surface area contributed by atoms with E-state index in [0.717, 1.165) is 51.4 Å². The molecule has 0 aromatic carbocycles. The highest BCUT2D eigenvalue weighted by Crippen LogP contribution is 2.14. The first-order chi connectivity index (χ1) is 28.4. The maximum atomic E-state index is 13.0. The van der Waals surface area contributed by atoms with Gasteiger partial charge in [-0.25, -0.2) is 0 Å². The molecule has 4 amide bonds. The van der Waals surface area contributed by atoms with E-state index < -0.39 is 120 Å². The fraction of sp³-hybridized carbons (Fsp3) is 0.818. The summed E-state index contributed by atoms with van der Waals surface area (Å²) in [6, 6.07) is -5.04. The molecule has 0 radical (unpaired) electrons. The molecule has 62 heavy (non-hydrogen) atoms. The van der Waals surface area contributed by atoms with Crippen LogP contribution in [0.2, 0.25) is 0 Å². The zero-order valence-corrected chi connectivity index (χ0v) is 39.7. The lowest BCUT2D eigenvalue weighted by Crippen LogP contribution is -2.53. The molecule has 0 aliphatic rings. The van der Waals surface area contributed by atoms with Gasteiger partial charge >= 0.3 is 23.9 Å². The molecule has 0 saturated carbocycles. The fourth-order valence-electron chi connectivity index (χ4n) is 5.72. The Hall–Kier alpha value is -4.32. The number of carbonyl (C=O) groups is 8. The van der Waals surface area contributed by atoms with Crippen molar-refractivity contribution in [2.45, 2.75) is 220 Å². The number of carbonyl (C=O) groups excluding carboxylic acids is 8. The molecule has 0 aromatic heterocycles. The van der Waals surface area contributed by atoms with Gasteiger partial charge in [0.1, 0.15) is 34.5 Å². The Labute approximate surface area is 369 Å². The average Bonchev–Trinajstić information content (AvgIpc) is 3.07. The second-order valence-corrected chi connectivity index (χ2v) is 19.6. The Morgan fingerprint density at radius 2 is 0.597 bits per heavy atom. The Balaban J connectivity index is 4.67. The molecule has 0 rings (SSSR count). The molecular formula is C44H80N6O12. The number of amides is 4. The van der Waals surface area contributed by atoms with Crippen molar-refractivity contribution in [3.8, 4) is 0 Å². The molecule has 0 fully saturated rings. The molecule has 18 nitrogen and oxygen atoms in total. The van der Waals surface area contributed by atoms with Gasteiger partial charge in [-0.1, -0.05) is 51.4 Å². The van der Waals surface area contributed by atoms with Gasteiger partial charge in [-0.2, -0.15) is 0 Å². The third-order valence-corrected chi connectivity index (χ3v) is 8.34. The average molecular weight is 885 g/mol. The lowest BCUT2D eigenvalue weighted by atomic mass is 10.1. The van der Waals surface area contributed by atoms with E-state index in [1.54, 1.807) is 83.1 Å². The first-order valence-corrected chi connectivity index (χ1v) is 21.9. The number of ether oxygens (including phenoxy) is 4. The van der Waals surface area contributed by atoms with Gasteiger partial charge in [0.15, 0.2) is 0 Å². The van der Waals surface area contributed by atoms with Crippen LogP contribution in [0.4, 0.5) is 0 Å². The van der Waals surface area contributed by atoms with Crippen molar-refractivity contribution in [1.82, 2.24) is 21.3 Å². The molecule has 0 aromatic rings. The van der Waals surface area contributed by atoms with Gasteiger partial charge in [-0.3, -0.25) is 38.4 Å². The van der Waals surface area contributed by atoms with Crippen LogP contribution in [-0.2, 0) is 57.3 Å².